The fourth-order valence-electron chi connectivity index (χ4n) is 1.97. The predicted octanol–water partition coefficient (Wildman–Crippen LogP) is 3.94. The van der Waals surface area contributed by atoms with Gasteiger partial charge in [0.05, 0.1) is 12.3 Å². The summed E-state index contributed by atoms with van der Waals surface area (Å²) in [5, 5.41) is 4.16. The molecule has 90 valence electrons. The van der Waals surface area contributed by atoms with E-state index in [0.717, 1.165) is 28.5 Å². The fourth-order valence-corrected chi connectivity index (χ4v) is 2.27. The van der Waals surface area contributed by atoms with Crippen molar-refractivity contribution in [3.8, 4) is 0 Å². The van der Waals surface area contributed by atoms with Gasteiger partial charge in [0, 0.05) is 5.02 Å². The summed E-state index contributed by atoms with van der Waals surface area (Å²) < 4.78 is 5.48. The molecule has 0 radical (unpaired) electrons. The minimum Gasteiger partial charge on any atom is -0.467 e. The third-order valence-corrected chi connectivity index (χ3v) is 2.85. The van der Waals surface area contributed by atoms with Crippen molar-refractivity contribution >= 4 is 11.6 Å². The van der Waals surface area contributed by atoms with E-state index in [1.54, 1.807) is 6.26 Å². The number of rotatable bonds is 4. The number of nitrogens with one attached hydrogen (secondary N) is 1. The molecule has 0 aliphatic heterocycles. The second-order valence-corrected chi connectivity index (χ2v) is 4.50. The smallest absolute Gasteiger partial charge is 0.125 e. The molecule has 0 amide bonds. The lowest BCUT2D eigenvalue weighted by atomic mass is 10.0. The maximum Gasteiger partial charge on any atom is 0.125 e. The van der Waals surface area contributed by atoms with Crippen LogP contribution < -0.4 is 5.32 Å². The van der Waals surface area contributed by atoms with Crippen molar-refractivity contribution in [3.05, 3.63) is 58.5 Å². The number of halogens is 1. The minimum atomic E-state index is 0.0624. The quantitative estimate of drug-likeness (QED) is 0.888. The van der Waals surface area contributed by atoms with Gasteiger partial charge in [-0.15, -0.1) is 0 Å². The van der Waals surface area contributed by atoms with E-state index in [4.69, 9.17) is 16.0 Å². The Morgan fingerprint density at radius 3 is 2.76 bits per heavy atom. The molecular formula is C14H16ClNO. The van der Waals surface area contributed by atoms with Crippen LogP contribution in [0.4, 0.5) is 0 Å². The van der Waals surface area contributed by atoms with Gasteiger partial charge in [-0.05, 0) is 48.9 Å². The Morgan fingerprint density at radius 1 is 1.35 bits per heavy atom. The number of hydrogen-bond donors (Lipinski definition) is 1. The highest BCUT2D eigenvalue weighted by Crippen LogP contribution is 2.26. The van der Waals surface area contributed by atoms with E-state index in [1.807, 2.05) is 31.2 Å². The number of furan rings is 1. The largest absolute Gasteiger partial charge is 0.467 e. The monoisotopic (exact) mass is 249 g/mol. The van der Waals surface area contributed by atoms with E-state index in [1.165, 1.54) is 0 Å². The first-order chi connectivity index (χ1) is 8.20. The molecule has 1 unspecified atom stereocenters. The van der Waals surface area contributed by atoms with Crippen molar-refractivity contribution < 1.29 is 4.42 Å². The standard InChI is InChI=1S/C14H16ClNO/c1-3-16-14(13-5-4-6-17-13)11-7-10(2)8-12(15)9-11/h4-9,14,16H,3H2,1-2H3. The summed E-state index contributed by atoms with van der Waals surface area (Å²) in [5.74, 6) is 0.911. The molecule has 0 saturated heterocycles. The maximum atomic E-state index is 6.10. The lowest BCUT2D eigenvalue weighted by Gasteiger charge is -2.17. The van der Waals surface area contributed by atoms with Crippen LogP contribution in [-0.4, -0.2) is 6.54 Å². The SMILES string of the molecule is CCNC(c1cc(C)cc(Cl)c1)c1ccco1. The zero-order chi connectivity index (χ0) is 12.3. The molecule has 0 spiro atoms. The zero-order valence-corrected chi connectivity index (χ0v) is 10.8. The van der Waals surface area contributed by atoms with Gasteiger partial charge in [0.2, 0.25) is 0 Å². The van der Waals surface area contributed by atoms with Crippen LogP contribution in [-0.2, 0) is 0 Å². The Kier molecular flexibility index (Phi) is 3.87. The van der Waals surface area contributed by atoms with Crippen molar-refractivity contribution in [3.63, 3.8) is 0 Å². The van der Waals surface area contributed by atoms with Gasteiger partial charge in [0.25, 0.3) is 0 Å². The molecule has 1 aromatic carbocycles. The summed E-state index contributed by atoms with van der Waals surface area (Å²) in [4.78, 5) is 0. The molecule has 2 aromatic rings. The molecule has 0 bridgehead atoms. The first-order valence-electron chi connectivity index (χ1n) is 5.74. The maximum absolute atomic E-state index is 6.10. The van der Waals surface area contributed by atoms with Crippen molar-refractivity contribution in [1.82, 2.24) is 5.32 Å². The molecule has 1 N–H and O–H groups in total. The van der Waals surface area contributed by atoms with Crippen LogP contribution in [0, 0.1) is 6.92 Å². The van der Waals surface area contributed by atoms with Crippen molar-refractivity contribution in [2.24, 2.45) is 0 Å². The van der Waals surface area contributed by atoms with Crippen LogP contribution in [0.2, 0.25) is 5.02 Å². The molecule has 1 atom stereocenters. The van der Waals surface area contributed by atoms with E-state index in [9.17, 15) is 0 Å². The van der Waals surface area contributed by atoms with Crippen LogP contribution in [0.15, 0.2) is 41.0 Å². The number of aryl methyl sites for hydroxylation is 1. The second kappa shape index (κ2) is 5.39. The van der Waals surface area contributed by atoms with E-state index in [-0.39, 0.29) is 6.04 Å². The molecule has 0 aliphatic carbocycles. The summed E-state index contributed by atoms with van der Waals surface area (Å²) in [6, 6.07) is 10.00. The number of hydrogen-bond acceptors (Lipinski definition) is 2. The Bertz CT molecular complexity index is 459. The molecule has 0 saturated carbocycles. The van der Waals surface area contributed by atoms with Gasteiger partial charge in [-0.2, -0.15) is 0 Å². The van der Waals surface area contributed by atoms with Gasteiger partial charge >= 0.3 is 0 Å². The van der Waals surface area contributed by atoms with E-state index in [0.29, 0.717) is 0 Å². The third kappa shape index (κ3) is 2.90. The normalized spacial score (nSPS) is 12.6. The Balaban J connectivity index is 2.38. The van der Waals surface area contributed by atoms with Crippen LogP contribution in [0.25, 0.3) is 0 Å². The summed E-state index contributed by atoms with van der Waals surface area (Å²) >= 11 is 6.10. The summed E-state index contributed by atoms with van der Waals surface area (Å²) in [5.41, 5.74) is 2.29. The molecule has 0 aliphatic rings. The molecule has 0 fully saturated rings. The van der Waals surface area contributed by atoms with Gasteiger partial charge in [0.15, 0.2) is 0 Å². The number of benzene rings is 1. The van der Waals surface area contributed by atoms with E-state index >= 15 is 0 Å². The highest BCUT2D eigenvalue weighted by atomic mass is 35.5. The topological polar surface area (TPSA) is 25.2 Å². The average molecular weight is 250 g/mol. The van der Waals surface area contributed by atoms with Crippen molar-refractivity contribution in [2.75, 3.05) is 6.54 Å². The van der Waals surface area contributed by atoms with Crippen molar-refractivity contribution in [2.45, 2.75) is 19.9 Å². The second-order valence-electron chi connectivity index (χ2n) is 4.07. The van der Waals surface area contributed by atoms with Gasteiger partial charge in [-0.3, -0.25) is 0 Å². The molecule has 2 nitrogen and oxygen atoms in total. The molecule has 2 rings (SSSR count). The minimum absolute atomic E-state index is 0.0624. The molecule has 1 heterocycles. The van der Waals surface area contributed by atoms with Crippen LogP contribution >= 0.6 is 11.6 Å². The molecule has 17 heavy (non-hydrogen) atoms. The highest BCUT2D eigenvalue weighted by Gasteiger charge is 2.16. The highest BCUT2D eigenvalue weighted by molar-refractivity contribution is 6.30. The van der Waals surface area contributed by atoms with E-state index < -0.39 is 0 Å². The van der Waals surface area contributed by atoms with Crippen LogP contribution in [0.1, 0.15) is 29.9 Å². The van der Waals surface area contributed by atoms with Gasteiger partial charge in [-0.1, -0.05) is 24.6 Å². The van der Waals surface area contributed by atoms with Gasteiger partial charge in [-0.25, -0.2) is 0 Å². The van der Waals surface area contributed by atoms with Crippen molar-refractivity contribution in [1.29, 1.82) is 0 Å². The third-order valence-electron chi connectivity index (χ3n) is 2.63. The Labute approximate surface area is 107 Å². The lowest BCUT2D eigenvalue weighted by Crippen LogP contribution is -2.21. The summed E-state index contributed by atoms with van der Waals surface area (Å²) in [6.45, 7) is 4.99. The zero-order valence-electron chi connectivity index (χ0n) is 10.0. The van der Waals surface area contributed by atoms with Crippen LogP contribution in [0.3, 0.4) is 0 Å². The van der Waals surface area contributed by atoms with Crippen LogP contribution in [0.5, 0.6) is 0 Å². The van der Waals surface area contributed by atoms with Gasteiger partial charge < -0.3 is 9.73 Å². The summed E-state index contributed by atoms with van der Waals surface area (Å²) in [6.07, 6.45) is 1.69. The summed E-state index contributed by atoms with van der Waals surface area (Å²) in [7, 11) is 0. The fraction of sp³-hybridized carbons (Fsp3) is 0.286. The predicted molar refractivity (Wildman–Crippen MR) is 70.4 cm³/mol. The Hall–Kier alpha value is -1.25. The molecule has 1 aromatic heterocycles. The van der Waals surface area contributed by atoms with Gasteiger partial charge in [0.1, 0.15) is 5.76 Å². The molecule has 3 heteroatoms. The van der Waals surface area contributed by atoms with E-state index in [2.05, 4.69) is 18.3 Å². The lowest BCUT2D eigenvalue weighted by molar-refractivity contribution is 0.452. The first kappa shape index (κ1) is 12.2. The average Bonchev–Trinajstić information content (AvgIpc) is 2.77. The first-order valence-corrected chi connectivity index (χ1v) is 6.12. The molecular weight excluding hydrogens is 234 g/mol. The Morgan fingerprint density at radius 2 is 2.18 bits per heavy atom.